The Morgan fingerprint density at radius 1 is 1.32 bits per heavy atom. The van der Waals surface area contributed by atoms with Crippen molar-refractivity contribution in [3.05, 3.63) is 29.3 Å². The average molecular weight is 260 g/mol. The third-order valence-corrected chi connectivity index (χ3v) is 4.28. The second-order valence-electron chi connectivity index (χ2n) is 5.88. The Kier molecular flexibility index (Phi) is 4.04. The Hall–Kier alpha value is -1.06. The maximum atomic E-state index is 5.43. The van der Waals surface area contributed by atoms with Gasteiger partial charge in [0, 0.05) is 38.5 Å². The Balaban J connectivity index is 1.60. The number of nitrogens with one attached hydrogen (secondary N) is 1. The number of hydrogen-bond acceptors (Lipinski definition) is 3. The Bertz CT molecular complexity index is 427. The van der Waals surface area contributed by atoms with Gasteiger partial charge in [0.15, 0.2) is 0 Å². The van der Waals surface area contributed by atoms with Gasteiger partial charge in [0.25, 0.3) is 0 Å². The summed E-state index contributed by atoms with van der Waals surface area (Å²) in [5.74, 6) is 0.809. The molecule has 1 aromatic carbocycles. The minimum atomic E-state index is 0.809. The van der Waals surface area contributed by atoms with Crippen LogP contribution in [0.1, 0.15) is 24.0 Å². The molecule has 0 amide bonds. The lowest BCUT2D eigenvalue weighted by Gasteiger charge is -2.27. The molecule has 0 radical (unpaired) electrons. The summed E-state index contributed by atoms with van der Waals surface area (Å²) >= 11 is 0. The molecule has 1 fully saturated rings. The van der Waals surface area contributed by atoms with Gasteiger partial charge in [-0.1, -0.05) is 18.2 Å². The molecule has 0 aromatic heterocycles. The van der Waals surface area contributed by atoms with E-state index in [-0.39, 0.29) is 0 Å². The normalized spacial score (nSPS) is 19.5. The van der Waals surface area contributed by atoms with Gasteiger partial charge in [0.2, 0.25) is 0 Å². The molecule has 3 heteroatoms. The zero-order valence-corrected chi connectivity index (χ0v) is 11.8. The van der Waals surface area contributed by atoms with Crippen molar-refractivity contribution in [3.63, 3.8) is 0 Å². The molecule has 2 heterocycles. The van der Waals surface area contributed by atoms with Gasteiger partial charge in [0.05, 0.1) is 0 Å². The zero-order valence-electron chi connectivity index (χ0n) is 11.8. The van der Waals surface area contributed by atoms with Crippen molar-refractivity contribution >= 4 is 5.69 Å². The van der Waals surface area contributed by atoms with Crippen molar-refractivity contribution in [3.8, 4) is 0 Å². The van der Waals surface area contributed by atoms with Gasteiger partial charge in [-0.05, 0) is 43.4 Å². The van der Waals surface area contributed by atoms with E-state index in [4.69, 9.17) is 4.74 Å². The van der Waals surface area contributed by atoms with Crippen LogP contribution in [0.4, 0.5) is 5.69 Å². The molecule has 0 saturated carbocycles. The van der Waals surface area contributed by atoms with E-state index in [0.29, 0.717) is 0 Å². The van der Waals surface area contributed by atoms with E-state index in [1.165, 1.54) is 42.6 Å². The lowest BCUT2D eigenvalue weighted by Crippen LogP contribution is -2.29. The van der Waals surface area contributed by atoms with Crippen LogP contribution in [0.15, 0.2) is 18.2 Å². The summed E-state index contributed by atoms with van der Waals surface area (Å²) in [5.41, 5.74) is 4.32. The van der Waals surface area contributed by atoms with Gasteiger partial charge in [0.1, 0.15) is 0 Å². The summed E-state index contributed by atoms with van der Waals surface area (Å²) < 4.78 is 5.43. The van der Waals surface area contributed by atoms with E-state index in [0.717, 1.165) is 32.2 Å². The molecule has 2 aliphatic rings. The van der Waals surface area contributed by atoms with Gasteiger partial charge in [-0.15, -0.1) is 0 Å². The maximum absolute atomic E-state index is 5.43. The number of fused-ring (bicyclic) bond motifs is 1. The minimum absolute atomic E-state index is 0.809. The highest BCUT2D eigenvalue weighted by Crippen LogP contribution is 2.27. The molecular formula is C16H24N2O. The summed E-state index contributed by atoms with van der Waals surface area (Å²) in [6.45, 7) is 5.22. The van der Waals surface area contributed by atoms with Crippen LogP contribution in [0.3, 0.4) is 0 Å². The summed E-state index contributed by atoms with van der Waals surface area (Å²) in [6.07, 6.45) is 3.61. The van der Waals surface area contributed by atoms with Crippen LogP contribution in [-0.2, 0) is 17.7 Å². The SMILES string of the molecule is CN(Cc1cccc2c1NCC2)CC1CCOCC1. The van der Waals surface area contributed by atoms with Crippen LogP contribution in [-0.4, -0.2) is 38.3 Å². The van der Waals surface area contributed by atoms with Crippen molar-refractivity contribution < 1.29 is 4.74 Å². The topological polar surface area (TPSA) is 24.5 Å². The van der Waals surface area contributed by atoms with Crippen LogP contribution in [0.2, 0.25) is 0 Å². The number of nitrogens with zero attached hydrogens (tertiary/aromatic N) is 1. The largest absolute Gasteiger partial charge is 0.384 e. The highest BCUT2D eigenvalue weighted by Gasteiger charge is 2.18. The molecule has 3 rings (SSSR count). The number of para-hydroxylation sites is 1. The number of rotatable bonds is 4. The van der Waals surface area contributed by atoms with Crippen LogP contribution >= 0.6 is 0 Å². The lowest BCUT2D eigenvalue weighted by molar-refractivity contribution is 0.0550. The van der Waals surface area contributed by atoms with Crippen LogP contribution in [0, 0.1) is 5.92 Å². The minimum Gasteiger partial charge on any atom is -0.384 e. The molecule has 2 aliphatic heterocycles. The molecular weight excluding hydrogens is 236 g/mol. The quantitative estimate of drug-likeness (QED) is 0.900. The molecule has 1 aromatic rings. The molecule has 19 heavy (non-hydrogen) atoms. The van der Waals surface area contributed by atoms with Gasteiger partial charge in [-0.25, -0.2) is 0 Å². The number of ether oxygens (including phenoxy) is 1. The standard InChI is InChI=1S/C16H24N2O/c1-18(11-13-6-9-19-10-7-13)12-15-4-2-3-14-5-8-17-16(14)15/h2-4,13,17H,5-12H2,1H3. The third-order valence-electron chi connectivity index (χ3n) is 4.28. The maximum Gasteiger partial charge on any atom is 0.0469 e. The van der Waals surface area contributed by atoms with Crippen molar-refractivity contribution in [1.82, 2.24) is 4.90 Å². The van der Waals surface area contributed by atoms with Crippen LogP contribution in [0.25, 0.3) is 0 Å². The predicted octanol–water partition coefficient (Wildman–Crippen LogP) is 2.51. The first kappa shape index (κ1) is 12.9. The molecule has 0 aliphatic carbocycles. The van der Waals surface area contributed by atoms with Crippen molar-refractivity contribution in [2.45, 2.75) is 25.8 Å². The first-order chi connectivity index (χ1) is 9.33. The molecule has 104 valence electrons. The van der Waals surface area contributed by atoms with Gasteiger partial charge in [-0.2, -0.15) is 0 Å². The fourth-order valence-electron chi connectivity index (χ4n) is 3.27. The molecule has 0 unspecified atom stereocenters. The summed E-state index contributed by atoms with van der Waals surface area (Å²) in [6, 6.07) is 6.71. The highest BCUT2D eigenvalue weighted by atomic mass is 16.5. The predicted molar refractivity (Wildman–Crippen MR) is 78.5 cm³/mol. The Morgan fingerprint density at radius 2 is 2.16 bits per heavy atom. The summed E-state index contributed by atoms with van der Waals surface area (Å²) in [7, 11) is 2.24. The van der Waals surface area contributed by atoms with E-state index in [1.54, 1.807) is 0 Å². The van der Waals surface area contributed by atoms with Gasteiger partial charge in [-0.3, -0.25) is 0 Å². The van der Waals surface area contributed by atoms with Crippen molar-refractivity contribution in [2.75, 3.05) is 38.7 Å². The molecule has 1 saturated heterocycles. The first-order valence-corrected chi connectivity index (χ1v) is 7.44. The first-order valence-electron chi connectivity index (χ1n) is 7.44. The molecule has 0 spiro atoms. The van der Waals surface area contributed by atoms with Gasteiger partial charge < -0.3 is 15.0 Å². The van der Waals surface area contributed by atoms with Crippen LogP contribution in [0.5, 0.6) is 0 Å². The van der Waals surface area contributed by atoms with E-state index >= 15 is 0 Å². The highest BCUT2D eigenvalue weighted by molar-refractivity contribution is 5.61. The third kappa shape index (κ3) is 3.10. The lowest BCUT2D eigenvalue weighted by atomic mass is 9.99. The Labute approximate surface area is 115 Å². The number of hydrogen-bond donors (Lipinski definition) is 1. The summed E-state index contributed by atoms with van der Waals surface area (Å²) in [5, 5.41) is 3.53. The zero-order chi connectivity index (χ0) is 13.1. The molecule has 3 nitrogen and oxygen atoms in total. The number of benzene rings is 1. The Morgan fingerprint density at radius 3 is 3.00 bits per heavy atom. The smallest absolute Gasteiger partial charge is 0.0469 e. The fourth-order valence-corrected chi connectivity index (χ4v) is 3.27. The van der Waals surface area contributed by atoms with Crippen LogP contribution < -0.4 is 5.32 Å². The molecule has 0 atom stereocenters. The molecule has 1 N–H and O–H groups in total. The fraction of sp³-hybridized carbons (Fsp3) is 0.625. The van der Waals surface area contributed by atoms with E-state index in [9.17, 15) is 0 Å². The summed E-state index contributed by atoms with van der Waals surface area (Å²) in [4.78, 5) is 2.46. The number of anilines is 1. The van der Waals surface area contributed by atoms with E-state index < -0.39 is 0 Å². The van der Waals surface area contributed by atoms with Crippen molar-refractivity contribution in [1.29, 1.82) is 0 Å². The monoisotopic (exact) mass is 260 g/mol. The van der Waals surface area contributed by atoms with Crippen molar-refractivity contribution in [2.24, 2.45) is 5.92 Å². The van der Waals surface area contributed by atoms with E-state index in [1.807, 2.05) is 0 Å². The van der Waals surface area contributed by atoms with Gasteiger partial charge >= 0.3 is 0 Å². The second-order valence-corrected chi connectivity index (χ2v) is 5.88. The second kappa shape index (κ2) is 5.93. The average Bonchev–Trinajstić information content (AvgIpc) is 2.89. The molecule has 0 bridgehead atoms. The van der Waals surface area contributed by atoms with E-state index in [2.05, 4.69) is 35.5 Å².